The van der Waals surface area contributed by atoms with Crippen LogP contribution in [0.15, 0.2) is 47.1 Å². The van der Waals surface area contributed by atoms with Crippen LogP contribution in [0.25, 0.3) is 11.5 Å². The zero-order valence-corrected chi connectivity index (χ0v) is 14.0. The molecule has 25 heavy (non-hydrogen) atoms. The second-order valence-corrected chi connectivity index (χ2v) is 5.40. The lowest BCUT2D eigenvalue weighted by atomic mass is 10.2. The molecule has 8 heteroatoms. The Morgan fingerprint density at radius 1 is 1.24 bits per heavy atom. The molecule has 0 radical (unpaired) electrons. The molecular weight excluding hydrogens is 322 g/mol. The van der Waals surface area contributed by atoms with Gasteiger partial charge in [0.25, 0.3) is 0 Å². The van der Waals surface area contributed by atoms with Gasteiger partial charge in [-0.2, -0.15) is 4.98 Å². The molecule has 0 spiro atoms. The molecule has 130 valence electrons. The highest BCUT2D eigenvalue weighted by Gasteiger charge is 2.11. The topological polar surface area (TPSA) is 94.2 Å². The number of carbonyl (C=O) groups is 1. The Hall–Kier alpha value is -3.29. The van der Waals surface area contributed by atoms with Crippen molar-refractivity contribution in [2.24, 2.45) is 7.05 Å². The number of methoxy groups -OCH3 is 1. The van der Waals surface area contributed by atoms with Crippen molar-refractivity contribution in [3.05, 3.63) is 54.0 Å². The van der Waals surface area contributed by atoms with Gasteiger partial charge in [0, 0.05) is 19.8 Å². The maximum atomic E-state index is 11.9. The summed E-state index contributed by atoms with van der Waals surface area (Å²) in [5, 5.41) is 9.37. The fourth-order valence-electron chi connectivity index (χ4n) is 2.31. The highest BCUT2D eigenvalue weighted by Crippen LogP contribution is 2.15. The Kier molecular flexibility index (Phi) is 4.98. The molecule has 2 aromatic heterocycles. The Labute approximate surface area is 144 Å². The molecule has 3 rings (SSSR count). The van der Waals surface area contributed by atoms with Crippen molar-refractivity contribution in [1.82, 2.24) is 25.3 Å². The fourth-order valence-corrected chi connectivity index (χ4v) is 2.31. The molecule has 0 saturated heterocycles. The quantitative estimate of drug-likeness (QED) is 0.716. The molecule has 0 atom stereocenters. The average Bonchev–Trinajstić information content (AvgIpc) is 3.27. The lowest BCUT2D eigenvalue weighted by Gasteiger charge is -2.07. The molecule has 0 aliphatic rings. The fraction of sp³-hybridized carbons (Fsp3) is 0.235. The summed E-state index contributed by atoms with van der Waals surface area (Å²) in [7, 11) is 3.50. The maximum absolute atomic E-state index is 11.9. The minimum Gasteiger partial charge on any atom is -0.497 e. The average molecular weight is 341 g/mol. The number of nitrogens with zero attached hydrogens (tertiary/aromatic N) is 3. The van der Waals surface area contributed by atoms with Gasteiger partial charge in [-0.15, -0.1) is 0 Å². The first kappa shape index (κ1) is 16.6. The van der Waals surface area contributed by atoms with Gasteiger partial charge >= 0.3 is 6.03 Å². The first-order valence-electron chi connectivity index (χ1n) is 7.74. The second-order valence-electron chi connectivity index (χ2n) is 5.40. The molecule has 0 unspecified atom stereocenters. The molecular formula is C17H19N5O3. The summed E-state index contributed by atoms with van der Waals surface area (Å²) in [6.45, 7) is 0.544. The van der Waals surface area contributed by atoms with Gasteiger partial charge in [0.05, 0.1) is 19.3 Å². The smallest absolute Gasteiger partial charge is 0.315 e. The number of rotatable bonds is 6. The van der Waals surface area contributed by atoms with Crippen molar-refractivity contribution < 1.29 is 14.1 Å². The number of urea groups is 1. The SMILES string of the molecule is COc1cccc(CNC(=O)NCc2nc(-c3cccn3C)no2)c1. The van der Waals surface area contributed by atoms with Crippen LogP contribution >= 0.6 is 0 Å². The number of ether oxygens (including phenoxy) is 1. The van der Waals surface area contributed by atoms with E-state index in [9.17, 15) is 4.79 Å². The molecule has 0 aliphatic heterocycles. The molecule has 3 aromatic rings. The summed E-state index contributed by atoms with van der Waals surface area (Å²) < 4.78 is 12.2. The normalized spacial score (nSPS) is 10.5. The van der Waals surface area contributed by atoms with Gasteiger partial charge in [-0.1, -0.05) is 17.3 Å². The van der Waals surface area contributed by atoms with Gasteiger partial charge in [-0.3, -0.25) is 0 Å². The van der Waals surface area contributed by atoms with Crippen LogP contribution in [0.5, 0.6) is 5.75 Å². The number of amides is 2. The van der Waals surface area contributed by atoms with Crippen molar-refractivity contribution >= 4 is 6.03 Å². The third kappa shape index (κ3) is 4.17. The summed E-state index contributed by atoms with van der Waals surface area (Å²) in [4.78, 5) is 16.2. The molecule has 1 aromatic carbocycles. The molecule has 0 saturated carbocycles. The van der Waals surface area contributed by atoms with Crippen molar-refractivity contribution in [3.63, 3.8) is 0 Å². The number of nitrogens with one attached hydrogen (secondary N) is 2. The number of hydrogen-bond donors (Lipinski definition) is 2. The molecule has 8 nitrogen and oxygen atoms in total. The standard InChI is InChI=1S/C17H19N5O3/c1-22-8-4-7-14(22)16-20-15(25-21-16)11-19-17(23)18-10-12-5-3-6-13(9-12)24-2/h3-9H,10-11H2,1-2H3,(H2,18,19,23). The van der Waals surface area contributed by atoms with Crippen molar-refractivity contribution in [2.75, 3.05) is 7.11 Å². The minimum atomic E-state index is -0.318. The summed E-state index contributed by atoms with van der Waals surface area (Å²) >= 11 is 0. The molecule has 2 N–H and O–H groups in total. The molecule has 0 aliphatic carbocycles. The maximum Gasteiger partial charge on any atom is 0.315 e. The van der Waals surface area contributed by atoms with Crippen LogP contribution in [-0.2, 0) is 20.1 Å². The third-order valence-electron chi connectivity index (χ3n) is 3.63. The van der Waals surface area contributed by atoms with Crippen molar-refractivity contribution in [1.29, 1.82) is 0 Å². The number of benzene rings is 1. The number of hydrogen-bond acceptors (Lipinski definition) is 5. The summed E-state index contributed by atoms with van der Waals surface area (Å²) in [5.74, 6) is 1.58. The van der Waals surface area contributed by atoms with E-state index in [4.69, 9.17) is 9.26 Å². The van der Waals surface area contributed by atoms with Crippen molar-refractivity contribution in [3.8, 4) is 17.3 Å². The van der Waals surface area contributed by atoms with Gasteiger partial charge in [0.15, 0.2) is 0 Å². The molecule has 2 heterocycles. The van der Waals surface area contributed by atoms with Gasteiger partial charge in [0.2, 0.25) is 11.7 Å². The first-order valence-corrected chi connectivity index (χ1v) is 7.74. The van der Waals surface area contributed by atoms with Gasteiger partial charge in [-0.25, -0.2) is 4.79 Å². The van der Waals surface area contributed by atoms with Crippen LogP contribution in [0, 0.1) is 0 Å². The van der Waals surface area contributed by atoms with Crippen LogP contribution in [-0.4, -0.2) is 27.8 Å². The van der Waals surface area contributed by atoms with Crippen LogP contribution in [0.2, 0.25) is 0 Å². The zero-order valence-electron chi connectivity index (χ0n) is 14.0. The Morgan fingerprint density at radius 3 is 2.84 bits per heavy atom. The Bertz CT molecular complexity index is 855. The zero-order chi connectivity index (χ0) is 17.6. The van der Waals surface area contributed by atoms with E-state index in [1.807, 2.05) is 54.2 Å². The molecule has 0 fully saturated rings. The van der Waals surface area contributed by atoms with E-state index in [0.717, 1.165) is 17.0 Å². The third-order valence-corrected chi connectivity index (χ3v) is 3.63. The second kappa shape index (κ2) is 7.52. The van der Waals surface area contributed by atoms with Crippen LogP contribution in [0.4, 0.5) is 4.79 Å². The Balaban J connectivity index is 1.49. The van der Waals surface area contributed by atoms with Crippen LogP contribution in [0.3, 0.4) is 0 Å². The number of aryl methyl sites for hydroxylation is 1. The van der Waals surface area contributed by atoms with E-state index >= 15 is 0 Å². The first-order chi connectivity index (χ1) is 12.2. The predicted molar refractivity (Wildman–Crippen MR) is 90.8 cm³/mol. The van der Waals surface area contributed by atoms with E-state index < -0.39 is 0 Å². The van der Waals surface area contributed by atoms with E-state index in [1.54, 1.807) is 7.11 Å². The van der Waals surface area contributed by atoms with Gasteiger partial charge in [-0.05, 0) is 29.8 Å². The van der Waals surface area contributed by atoms with E-state index in [1.165, 1.54) is 0 Å². The highest BCUT2D eigenvalue weighted by atomic mass is 16.5. The van der Waals surface area contributed by atoms with Gasteiger partial charge < -0.3 is 24.5 Å². The Morgan fingerprint density at radius 2 is 2.08 bits per heavy atom. The highest BCUT2D eigenvalue weighted by molar-refractivity contribution is 5.73. The van der Waals surface area contributed by atoms with E-state index in [-0.39, 0.29) is 12.6 Å². The number of carbonyl (C=O) groups excluding carboxylic acids is 1. The van der Waals surface area contributed by atoms with E-state index in [0.29, 0.717) is 18.3 Å². The lowest BCUT2D eigenvalue weighted by Crippen LogP contribution is -2.34. The van der Waals surface area contributed by atoms with Crippen LogP contribution in [0.1, 0.15) is 11.5 Å². The molecule has 2 amide bonds. The van der Waals surface area contributed by atoms with Gasteiger partial charge in [0.1, 0.15) is 5.75 Å². The van der Waals surface area contributed by atoms with Crippen molar-refractivity contribution in [2.45, 2.75) is 13.1 Å². The van der Waals surface area contributed by atoms with E-state index in [2.05, 4.69) is 20.8 Å². The minimum absolute atomic E-state index is 0.154. The van der Waals surface area contributed by atoms with Crippen LogP contribution < -0.4 is 15.4 Å². The number of aromatic nitrogens is 3. The summed E-state index contributed by atoms with van der Waals surface area (Å²) in [6, 6.07) is 11.0. The molecule has 0 bridgehead atoms. The largest absolute Gasteiger partial charge is 0.497 e. The monoisotopic (exact) mass is 341 g/mol. The lowest BCUT2D eigenvalue weighted by molar-refractivity contribution is 0.238. The summed E-state index contributed by atoms with van der Waals surface area (Å²) in [5.41, 5.74) is 1.79. The predicted octanol–water partition coefficient (Wildman–Crippen LogP) is 2.08. The summed E-state index contributed by atoms with van der Waals surface area (Å²) in [6.07, 6.45) is 1.90.